The van der Waals surface area contributed by atoms with Crippen molar-refractivity contribution >= 4 is 5.91 Å². The van der Waals surface area contributed by atoms with Crippen LogP contribution in [0, 0.1) is 0 Å². The number of hydrogen-bond acceptors (Lipinski definition) is 3. The molecular weight excluding hydrogens is 297 g/mol. The SMILES string of the molecule is O=C(N[C@@H]1CCn2nccc2C1)c1ccc(C(F)(F)F)nc1. The number of nitrogens with one attached hydrogen (secondary N) is 1. The predicted octanol–water partition coefficient (Wildman–Crippen LogP) is 2.04. The summed E-state index contributed by atoms with van der Waals surface area (Å²) in [7, 11) is 0. The summed E-state index contributed by atoms with van der Waals surface area (Å²) in [4.78, 5) is 15.4. The highest BCUT2D eigenvalue weighted by Crippen LogP contribution is 2.27. The van der Waals surface area contributed by atoms with E-state index >= 15 is 0 Å². The van der Waals surface area contributed by atoms with Gasteiger partial charge in [0.15, 0.2) is 0 Å². The molecule has 0 spiro atoms. The fourth-order valence-electron chi connectivity index (χ4n) is 2.46. The van der Waals surface area contributed by atoms with Crippen molar-refractivity contribution in [1.82, 2.24) is 20.1 Å². The molecule has 1 aliphatic rings. The molecule has 116 valence electrons. The van der Waals surface area contributed by atoms with Crippen molar-refractivity contribution in [3.05, 3.63) is 47.5 Å². The zero-order chi connectivity index (χ0) is 15.7. The molecule has 1 amide bonds. The van der Waals surface area contributed by atoms with Crippen LogP contribution in [0.2, 0.25) is 0 Å². The number of alkyl halides is 3. The number of amides is 1. The van der Waals surface area contributed by atoms with Gasteiger partial charge in [0.1, 0.15) is 5.69 Å². The van der Waals surface area contributed by atoms with E-state index in [1.165, 1.54) is 0 Å². The van der Waals surface area contributed by atoms with Gasteiger partial charge in [0.2, 0.25) is 0 Å². The highest BCUT2D eigenvalue weighted by atomic mass is 19.4. The average molecular weight is 310 g/mol. The normalized spacial score (nSPS) is 17.9. The summed E-state index contributed by atoms with van der Waals surface area (Å²) >= 11 is 0. The standard InChI is InChI=1S/C14H13F3N4O/c15-14(16,17)12-2-1-9(8-18-12)13(22)20-10-4-6-21-11(7-10)3-5-19-21/h1-3,5,8,10H,4,6-7H2,(H,20,22)/t10-/m1/s1. The van der Waals surface area contributed by atoms with Gasteiger partial charge in [-0.2, -0.15) is 18.3 Å². The minimum absolute atomic E-state index is 0.0565. The Kier molecular flexibility index (Phi) is 3.59. The molecule has 1 atom stereocenters. The van der Waals surface area contributed by atoms with Crippen LogP contribution in [-0.4, -0.2) is 26.7 Å². The fraction of sp³-hybridized carbons (Fsp3) is 0.357. The molecule has 0 aromatic carbocycles. The van der Waals surface area contributed by atoms with E-state index in [-0.39, 0.29) is 11.6 Å². The summed E-state index contributed by atoms with van der Waals surface area (Å²) in [6.07, 6.45) is -0.463. The molecule has 0 unspecified atom stereocenters. The zero-order valence-electron chi connectivity index (χ0n) is 11.5. The summed E-state index contributed by atoms with van der Waals surface area (Å²) in [5.74, 6) is -0.417. The lowest BCUT2D eigenvalue weighted by molar-refractivity contribution is -0.141. The van der Waals surface area contributed by atoms with Crippen LogP contribution in [-0.2, 0) is 19.1 Å². The maximum absolute atomic E-state index is 12.4. The molecule has 0 bridgehead atoms. The Bertz CT molecular complexity index is 678. The lowest BCUT2D eigenvalue weighted by Gasteiger charge is -2.24. The van der Waals surface area contributed by atoms with Crippen molar-refractivity contribution in [1.29, 1.82) is 0 Å². The molecular formula is C14H13F3N4O. The third kappa shape index (κ3) is 2.95. The maximum atomic E-state index is 12.4. The molecule has 0 aliphatic carbocycles. The van der Waals surface area contributed by atoms with Gasteiger partial charge in [0.25, 0.3) is 5.91 Å². The molecule has 2 aromatic heterocycles. The minimum Gasteiger partial charge on any atom is -0.349 e. The summed E-state index contributed by atoms with van der Waals surface area (Å²) in [6, 6.07) is 3.78. The highest BCUT2D eigenvalue weighted by molar-refractivity contribution is 5.94. The monoisotopic (exact) mass is 310 g/mol. The number of rotatable bonds is 2. The molecule has 8 heteroatoms. The Balaban J connectivity index is 1.65. The van der Waals surface area contributed by atoms with E-state index in [1.54, 1.807) is 6.20 Å². The quantitative estimate of drug-likeness (QED) is 0.923. The van der Waals surface area contributed by atoms with E-state index in [9.17, 15) is 18.0 Å². The van der Waals surface area contributed by atoms with Crippen LogP contribution in [0.1, 0.15) is 28.2 Å². The molecule has 22 heavy (non-hydrogen) atoms. The topological polar surface area (TPSA) is 59.8 Å². The number of aromatic nitrogens is 3. The second kappa shape index (κ2) is 5.43. The third-order valence-corrected chi connectivity index (χ3v) is 3.60. The summed E-state index contributed by atoms with van der Waals surface area (Å²) in [5.41, 5.74) is 0.139. The summed E-state index contributed by atoms with van der Waals surface area (Å²) in [5, 5.41) is 6.97. The minimum atomic E-state index is -4.50. The largest absolute Gasteiger partial charge is 0.433 e. The van der Waals surface area contributed by atoms with E-state index in [0.717, 1.165) is 30.4 Å². The van der Waals surface area contributed by atoms with Crippen LogP contribution < -0.4 is 5.32 Å². The number of aryl methyl sites for hydroxylation is 1. The lowest BCUT2D eigenvalue weighted by atomic mass is 10.0. The molecule has 5 nitrogen and oxygen atoms in total. The second-order valence-electron chi connectivity index (χ2n) is 5.14. The molecule has 0 saturated carbocycles. The first kappa shape index (κ1) is 14.6. The van der Waals surface area contributed by atoms with E-state index in [2.05, 4.69) is 15.4 Å². The van der Waals surface area contributed by atoms with Crippen molar-refractivity contribution in [3.63, 3.8) is 0 Å². The Morgan fingerprint density at radius 2 is 2.14 bits per heavy atom. The summed E-state index contributed by atoms with van der Waals surface area (Å²) in [6.45, 7) is 0.707. The van der Waals surface area contributed by atoms with Gasteiger partial charge in [-0.05, 0) is 24.6 Å². The van der Waals surface area contributed by atoms with E-state index < -0.39 is 17.8 Å². The van der Waals surface area contributed by atoms with Crippen LogP contribution in [0.15, 0.2) is 30.6 Å². The second-order valence-corrected chi connectivity index (χ2v) is 5.14. The fourth-order valence-corrected chi connectivity index (χ4v) is 2.46. The van der Waals surface area contributed by atoms with Gasteiger partial charge in [-0.3, -0.25) is 14.5 Å². The highest BCUT2D eigenvalue weighted by Gasteiger charge is 2.32. The van der Waals surface area contributed by atoms with E-state index in [1.807, 2.05) is 10.7 Å². The van der Waals surface area contributed by atoms with Crippen molar-refractivity contribution in [2.75, 3.05) is 0 Å². The zero-order valence-corrected chi connectivity index (χ0v) is 11.5. The van der Waals surface area contributed by atoms with Crippen LogP contribution in [0.5, 0.6) is 0 Å². The van der Waals surface area contributed by atoms with Gasteiger partial charge in [0, 0.05) is 37.1 Å². The van der Waals surface area contributed by atoms with Crippen LogP contribution in [0.25, 0.3) is 0 Å². The number of carbonyl (C=O) groups is 1. The van der Waals surface area contributed by atoms with Gasteiger partial charge in [0.05, 0.1) is 5.56 Å². The van der Waals surface area contributed by atoms with Crippen LogP contribution >= 0.6 is 0 Å². The number of nitrogens with zero attached hydrogens (tertiary/aromatic N) is 3. The molecule has 1 aliphatic heterocycles. The van der Waals surface area contributed by atoms with Crippen molar-refractivity contribution in [3.8, 4) is 0 Å². The van der Waals surface area contributed by atoms with Crippen molar-refractivity contribution < 1.29 is 18.0 Å². The smallest absolute Gasteiger partial charge is 0.349 e. The number of halogens is 3. The van der Waals surface area contributed by atoms with Gasteiger partial charge >= 0.3 is 6.18 Å². The van der Waals surface area contributed by atoms with Crippen molar-refractivity contribution in [2.24, 2.45) is 0 Å². The molecule has 0 saturated heterocycles. The van der Waals surface area contributed by atoms with Crippen LogP contribution in [0.3, 0.4) is 0 Å². The number of hydrogen-bond donors (Lipinski definition) is 1. The van der Waals surface area contributed by atoms with Crippen molar-refractivity contribution in [2.45, 2.75) is 31.6 Å². The maximum Gasteiger partial charge on any atom is 0.433 e. The predicted molar refractivity (Wildman–Crippen MR) is 71.0 cm³/mol. The van der Waals surface area contributed by atoms with Gasteiger partial charge in [-0.15, -0.1) is 0 Å². The number of fused-ring (bicyclic) bond motifs is 1. The number of pyridine rings is 1. The molecule has 0 radical (unpaired) electrons. The van der Waals surface area contributed by atoms with Gasteiger partial charge in [-0.1, -0.05) is 0 Å². The lowest BCUT2D eigenvalue weighted by Crippen LogP contribution is -2.40. The molecule has 1 N–H and O–H groups in total. The van der Waals surface area contributed by atoms with Gasteiger partial charge in [-0.25, -0.2) is 0 Å². The molecule has 3 heterocycles. The number of carbonyl (C=O) groups excluding carboxylic acids is 1. The molecule has 3 rings (SSSR count). The first-order chi connectivity index (χ1) is 10.4. The first-order valence-electron chi connectivity index (χ1n) is 6.78. The Hall–Kier alpha value is -2.38. The van der Waals surface area contributed by atoms with Gasteiger partial charge < -0.3 is 5.32 Å². The van der Waals surface area contributed by atoms with E-state index in [0.29, 0.717) is 13.0 Å². The molecule has 2 aromatic rings. The van der Waals surface area contributed by atoms with E-state index in [4.69, 9.17) is 0 Å². The first-order valence-corrected chi connectivity index (χ1v) is 6.78. The third-order valence-electron chi connectivity index (χ3n) is 3.60. The summed E-state index contributed by atoms with van der Waals surface area (Å²) < 4.78 is 39.2. The molecule has 0 fully saturated rings. The Morgan fingerprint density at radius 1 is 1.32 bits per heavy atom. The Labute approximate surface area is 124 Å². The Morgan fingerprint density at radius 3 is 2.82 bits per heavy atom. The average Bonchev–Trinajstić information content (AvgIpc) is 2.94. The van der Waals surface area contributed by atoms with Crippen LogP contribution in [0.4, 0.5) is 13.2 Å².